The topological polar surface area (TPSA) is 165 Å². The Kier molecular flexibility index (Phi) is 7.39. The Morgan fingerprint density at radius 2 is 1.92 bits per heavy atom. The first kappa shape index (κ1) is 24.2. The van der Waals surface area contributed by atoms with Gasteiger partial charge in [-0.3, -0.25) is 4.79 Å². The summed E-state index contributed by atoms with van der Waals surface area (Å²) in [7, 11) is 3.08. The van der Waals surface area contributed by atoms with Crippen molar-refractivity contribution in [2.24, 2.45) is 5.10 Å². The molecule has 36 heavy (non-hydrogen) atoms. The Hall–Kier alpha value is -4.94. The summed E-state index contributed by atoms with van der Waals surface area (Å²) in [5, 5.41) is 19.5. The summed E-state index contributed by atoms with van der Waals surface area (Å²) >= 11 is 0. The molecule has 2 heterocycles. The molecule has 3 N–H and O–H groups in total. The molecule has 0 unspecified atom stereocenters. The van der Waals surface area contributed by atoms with Crippen molar-refractivity contribution >= 4 is 17.9 Å². The molecule has 0 aliphatic heterocycles. The molecule has 0 fully saturated rings. The first-order chi connectivity index (χ1) is 17.5. The lowest BCUT2D eigenvalue weighted by Gasteiger charge is -2.08. The monoisotopic (exact) mass is 492 g/mol. The number of hydrogen-bond donors (Lipinski definition) is 2. The normalized spacial score (nSPS) is 11.0. The number of anilines is 1. The Morgan fingerprint density at radius 1 is 1.14 bits per heavy atom. The van der Waals surface area contributed by atoms with Crippen molar-refractivity contribution in [3.8, 4) is 34.3 Å². The summed E-state index contributed by atoms with van der Waals surface area (Å²) in [5.41, 5.74) is 9.92. The minimum absolute atomic E-state index is 0.0101. The fourth-order valence-corrected chi connectivity index (χ4v) is 3.26. The molecule has 0 saturated heterocycles. The van der Waals surface area contributed by atoms with Gasteiger partial charge in [-0.1, -0.05) is 12.1 Å². The molecular formula is C23H24N8O5. The molecule has 0 atom stereocenters. The number of hydrazone groups is 1. The number of amides is 1. The molecule has 0 aliphatic carbocycles. The second kappa shape index (κ2) is 11.0. The Morgan fingerprint density at radius 3 is 2.58 bits per heavy atom. The minimum Gasteiger partial charge on any atom is -0.494 e. The summed E-state index contributed by atoms with van der Waals surface area (Å²) in [6, 6.07) is 12.3. The van der Waals surface area contributed by atoms with Gasteiger partial charge in [-0.2, -0.15) is 9.78 Å². The zero-order valence-electron chi connectivity index (χ0n) is 19.8. The number of hydrogen-bond acceptors (Lipinski definition) is 11. The maximum absolute atomic E-state index is 13.0. The fraction of sp³-hybridized carbons (Fsp3) is 0.217. The van der Waals surface area contributed by atoms with E-state index in [0.29, 0.717) is 40.7 Å². The van der Waals surface area contributed by atoms with E-state index in [0.717, 1.165) is 6.42 Å². The lowest BCUT2D eigenvalue weighted by molar-refractivity contribution is 0.0950. The van der Waals surface area contributed by atoms with Crippen molar-refractivity contribution in [3.05, 3.63) is 53.7 Å². The van der Waals surface area contributed by atoms with Gasteiger partial charge in [-0.15, -0.1) is 5.10 Å². The van der Waals surface area contributed by atoms with Gasteiger partial charge in [0.15, 0.2) is 17.2 Å². The largest absolute Gasteiger partial charge is 0.494 e. The summed E-state index contributed by atoms with van der Waals surface area (Å²) in [4.78, 5) is 13.0. The molecule has 2 aromatic carbocycles. The van der Waals surface area contributed by atoms with Crippen LogP contribution in [0.1, 0.15) is 29.4 Å². The predicted molar refractivity (Wildman–Crippen MR) is 129 cm³/mol. The third kappa shape index (κ3) is 5.09. The molecule has 0 bridgehead atoms. The number of nitrogen functional groups attached to an aromatic ring is 1. The van der Waals surface area contributed by atoms with Crippen molar-refractivity contribution in [1.82, 2.24) is 30.7 Å². The zero-order chi connectivity index (χ0) is 25.5. The van der Waals surface area contributed by atoms with E-state index in [4.69, 9.17) is 24.6 Å². The average Bonchev–Trinajstić information content (AvgIpc) is 3.53. The average molecular weight is 492 g/mol. The van der Waals surface area contributed by atoms with Crippen LogP contribution >= 0.6 is 0 Å². The van der Waals surface area contributed by atoms with E-state index in [1.165, 1.54) is 18.0 Å². The predicted octanol–water partition coefficient (Wildman–Crippen LogP) is 2.47. The summed E-state index contributed by atoms with van der Waals surface area (Å²) in [6.07, 6.45) is 2.34. The second-order valence-electron chi connectivity index (χ2n) is 7.36. The minimum atomic E-state index is -0.602. The molecule has 0 spiro atoms. The summed E-state index contributed by atoms with van der Waals surface area (Å²) in [6.45, 7) is 2.61. The molecular weight excluding hydrogens is 468 g/mol. The highest BCUT2D eigenvalue weighted by Gasteiger charge is 2.25. The van der Waals surface area contributed by atoms with Crippen LogP contribution in [0.4, 0.5) is 5.82 Å². The molecule has 13 heteroatoms. The first-order valence-corrected chi connectivity index (χ1v) is 10.9. The molecule has 13 nitrogen and oxygen atoms in total. The van der Waals surface area contributed by atoms with Crippen molar-refractivity contribution < 1.29 is 23.6 Å². The maximum Gasteiger partial charge on any atom is 0.294 e. The van der Waals surface area contributed by atoms with Crippen LogP contribution in [0.15, 0.2) is 52.2 Å². The number of carbonyl (C=O) groups is 1. The molecule has 4 aromatic rings. The van der Waals surface area contributed by atoms with Crippen LogP contribution in [-0.2, 0) is 0 Å². The van der Waals surface area contributed by atoms with Gasteiger partial charge in [0.2, 0.25) is 11.6 Å². The molecule has 0 aliphatic rings. The van der Waals surface area contributed by atoms with E-state index in [9.17, 15) is 4.79 Å². The van der Waals surface area contributed by atoms with Crippen molar-refractivity contribution in [2.45, 2.75) is 13.3 Å². The SMILES string of the molecule is CCCOc1ccc(-c2c(C(=O)N/N=C\c3ccc(OC)c(OC)c3)nnn2-c2nonc2N)cc1. The molecule has 2 aromatic heterocycles. The van der Waals surface area contributed by atoms with E-state index in [1.54, 1.807) is 49.6 Å². The van der Waals surface area contributed by atoms with E-state index in [-0.39, 0.29) is 17.3 Å². The van der Waals surface area contributed by atoms with Crippen molar-refractivity contribution in [3.63, 3.8) is 0 Å². The van der Waals surface area contributed by atoms with Gasteiger partial charge < -0.3 is 19.9 Å². The lowest BCUT2D eigenvalue weighted by Crippen LogP contribution is -2.19. The van der Waals surface area contributed by atoms with Crippen LogP contribution in [0.5, 0.6) is 17.2 Å². The highest BCUT2D eigenvalue weighted by molar-refractivity contribution is 5.98. The standard InChI is InChI=1S/C23H24N8O5/c1-4-11-35-16-8-6-15(7-9-16)20-19(26-30-31(20)22-21(24)28-36-29-22)23(32)27-25-13-14-5-10-17(33-2)18(12-14)34-3/h5-10,12-13H,4,11H2,1-3H3,(H2,24,28)(H,27,32)/b25-13-. The van der Waals surface area contributed by atoms with E-state index in [2.05, 4.69) is 31.2 Å². The van der Waals surface area contributed by atoms with Gasteiger partial charge in [-0.05, 0) is 64.8 Å². The molecule has 1 amide bonds. The number of nitrogens with one attached hydrogen (secondary N) is 1. The van der Waals surface area contributed by atoms with Crippen LogP contribution in [0.2, 0.25) is 0 Å². The van der Waals surface area contributed by atoms with Gasteiger partial charge in [0.1, 0.15) is 11.4 Å². The van der Waals surface area contributed by atoms with Crippen molar-refractivity contribution in [1.29, 1.82) is 0 Å². The van der Waals surface area contributed by atoms with Gasteiger partial charge >= 0.3 is 0 Å². The smallest absolute Gasteiger partial charge is 0.294 e. The number of nitrogens with zero attached hydrogens (tertiary/aromatic N) is 6. The molecule has 0 radical (unpaired) electrons. The Balaban J connectivity index is 1.62. The molecule has 186 valence electrons. The van der Waals surface area contributed by atoms with E-state index >= 15 is 0 Å². The zero-order valence-corrected chi connectivity index (χ0v) is 19.8. The van der Waals surface area contributed by atoms with E-state index in [1.807, 2.05) is 6.92 Å². The third-order valence-corrected chi connectivity index (χ3v) is 4.97. The number of ether oxygens (including phenoxy) is 3. The number of methoxy groups -OCH3 is 2. The quantitative estimate of drug-likeness (QED) is 0.248. The number of nitrogens with two attached hydrogens (primary N) is 1. The van der Waals surface area contributed by atoms with Crippen LogP contribution in [-0.4, -0.2) is 58.3 Å². The van der Waals surface area contributed by atoms with Crippen LogP contribution in [0.25, 0.3) is 17.1 Å². The van der Waals surface area contributed by atoms with Crippen LogP contribution < -0.4 is 25.4 Å². The van der Waals surface area contributed by atoms with Crippen LogP contribution in [0, 0.1) is 0 Å². The van der Waals surface area contributed by atoms with Gasteiger partial charge in [0.05, 0.1) is 27.0 Å². The van der Waals surface area contributed by atoms with Crippen LogP contribution in [0.3, 0.4) is 0 Å². The summed E-state index contributed by atoms with van der Waals surface area (Å²) < 4.78 is 22.1. The number of carbonyl (C=O) groups excluding carboxylic acids is 1. The first-order valence-electron chi connectivity index (χ1n) is 10.9. The Labute approximate surface area is 205 Å². The van der Waals surface area contributed by atoms with Gasteiger partial charge in [0.25, 0.3) is 5.91 Å². The van der Waals surface area contributed by atoms with Gasteiger partial charge in [0, 0.05) is 5.56 Å². The number of benzene rings is 2. The van der Waals surface area contributed by atoms with E-state index < -0.39 is 5.91 Å². The lowest BCUT2D eigenvalue weighted by atomic mass is 10.1. The Bertz CT molecular complexity index is 1360. The highest BCUT2D eigenvalue weighted by Crippen LogP contribution is 2.29. The number of aromatic nitrogens is 5. The second-order valence-corrected chi connectivity index (χ2v) is 7.36. The third-order valence-electron chi connectivity index (χ3n) is 4.97. The van der Waals surface area contributed by atoms with Gasteiger partial charge in [-0.25, -0.2) is 10.1 Å². The van der Waals surface area contributed by atoms with Crippen molar-refractivity contribution in [2.75, 3.05) is 26.6 Å². The fourth-order valence-electron chi connectivity index (χ4n) is 3.26. The summed E-state index contributed by atoms with van der Waals surface area (Å²) in [5.74, 6) is 1.28. The highest BCUT2D eigenvalue weighted by atomic mass is 16.6. The molecule has 0 saturated carbocycles. The maximum atomic E-state index is 13.0. The number of rotatable bonds is 10. The molecule has 4 rings (SSSR count).